The van der Waals surface area contributed by atoms with Gasteiger partial charge in [0, 0.05) is 11.4 Å². The van der Waals surface area contributed by atoms with E-state index in [1.807, 2.05) is 29.3 Å². The highest BCUT2D eigenvalue weighted by Crippen LogP contribution is 2.19. The lowest BCUT2D eigenvalue weighted by Crippen LogP contribution is -2.32. The van der Waals surface area contributed by atoms with Gasteiger partial charge in [-0.1, -0.05) is 13.0 Å². The topological polar surface area (TPSA) is 58.4 Å². The summed E-state index contributed by atoms with van der Waals surface area (Å²) in [5.41, 5.74) is 6.38. The molecule has 0 saturated carbocycles. The Morgan fingerprint density at radius 3 is 2.90 bits per heavy atom. The lowest BCUT2D eigenvalue weighted by Gasteiger charge is -2.19. The Morgan fingerprint density at radius 1 is 1.43 bits per heavy atom. The van der Waals surface area contributed by atoms with Crippen molar-refractivity contribution in [2.45, 2.75) is 13.5 Å². The van der Waals surface area contributed by atoms with Crippen LogP contribution >= 0.6 is 11.3 Å². The van der Waals surface area contributed by atoms with Gasteiger partial charge in [-0.05, 0) is 36.2 Å². The van der Waals surface area contributed by atoms with Crippen LogP contribution in [0, 0.1) is 5.82 Å². The predicted octanol–water partition coefficient (Wildman–Crippen LogP) is 2.93. The minimum atomic E-state index is -0.426. The fourth-order valence-electron chi connectivity index (χ4n) is 1.93. The van der Waals surface area contributed by atoms with Gasteiger partial charge < -0.3 is 11.1 Å². The van der Waals surface area contributed by atoms with E-state index in [2.05, 4.69) is 5.32 Å². The molecule has 2 rings (SSSR count). The number of benzene rings is 1. The average molecular weight is 307 g/mol. The molecule has 21 heavy (non-hydrogen) atoms. The first kappa shape index (κ1) is 15.5. The van der Waals surface area contributed by atoms with Crippen molar-refractivity contribution in [3.8, 4) is 0 Å². The number of nitrogens with one attached hydrogen (secondary N) is 1. The molecule has 1 aromatic carbocycles. The van der Waals surface area contributed by atoms with E-state index in [1.165, 1.54) is 23.1 Å². The number of hydrogen-bond acceptors (Lipinski definition) is 4. The van der Waals surface area contributed by atoms with Gasteiger partial charge in [-0.3, -0.25) is 9.69 Å². The summed E-state index contributed by atoms with van der Waals surface area (Å²) in [6.45, 7) is 3.71. The molecule has 1 heterocycles. The monoisotopic (exact) mass is 307 g/mol. The van der Waals surface area contributed by atoms with Crippen LogP contribution in [0.2, 0.25) is 0 Å². The molecule has 112 valence electrons. The molecule has 0 bridgehead atoms. The van der Waals surface area contributed by atoms with E-state index in [1.54, 1.807) is 11.3 Å². The van der Waals surface area contributed by atoms with Crippen LogP contribution in [0.25, 0.3) is 0 Å². The zero-order valence-electron chi connectivity index (χ0n) is 11.8. The third-order valence-corrected chi connectivity index (χ3v) is 3.92. The minimum Gasteiger partial charge on any atom is -0.397 e. The molecule has 2 aromatic rings. The van der Waals surface area contributed by atoms with Crippen LogP contribution in [0.15, 0.2) is 35.7 Å². The summed E-state index contributed by atoms with van der Waals surface area (Å²) in [5, 5.41) is 4.66. The first-order chi connectivity index (χ1) is 10.1. The van der Waals surface area contributed by atoms with E-state index in [0.29, 0.717) is 11.4 Å². The SMILES string of the molecule is CCN(CC(=O)Nc1cc(F)ccc1N)Cc1cccs1. The number of nitrogen functional groups attached to an aromatic ring is 1. The Kier molecular flexibility index (Phi) is 5.30. The van der Waals surface area contributed by atoms with Crippen LogP contribution in [0.3, 0.4) is 0 Å². The normalized spacial score (nSPS) is 10.8. The second-order valence-corrected chi connectivity index (χ2v) is 5.69. The van der Waals surface area contributed by atoms with Gasteiger partial charge >= 0.3 is 0 Å². The van der Waals surface area contributed by atoms with Crippen molar-refractivity contribution in [3.63, 3.8) is 0 Å². The first-order valence-corrected chi connectivity index (χ1v) is 7.56. The molecule has 0 aliphatic rings. The van der Waals surface area contributed by atoms with Gasteiger partial charge in [0.05, 0.1) is 17.9 Å². The molecule has 4 nitrogen and oxygen atoms in total. The van der Waals surface area contributed by atoms with Gasteiger partial charge in [-0.25, -0.2) is 4.39 Å². The summed E-state index contributed by atoms with van der Waals surface area (Å²) in [7, 11) is 0. The molecule has 0 spiro atoms. The van der Waals surface area contributed by atoms with Gasteiger partial charge in [0.1, 0.15) is 5.82 Å². The molecule has 0 aliphatic carbocycles. The summed E-state index contributed by atoms with van der Waals surface area (Å²) in [4.78, 5) is 15.3. The molecule has 1 aromatic heterocycles. The van der Waals surface area contributed by atoms with Gasteiger partial charge in [0.15, 0.2) is 0 Å². The second kappa shape index (κ2) is 7.19. The van der Waals surface area contributed by atoms with Gasteiger partial charge in [0.25, 0.3) is 0 Å². The Hall–Kier alpha value is -1.92. The molecule has 6 heteroatoms. The van der Waals surface area contributed by atoms with Crippen LogP contribution < -0.4 is 11.1 Å². The fourth-order valence-corrected chi connectivity index (χ4v) is 2.68. The molecule has 3 N–H and O–H groups in total. The number of anilines is 2. The van der Waals surface area contributed by atoms with Crippen molar-refractivity contribution in [1.29, 1.82) is 0 Å². The van der Waals surface area contributed by atoms with E-state index in [-0.39, 0.29) is 12.5 Å². The summed E-state index contributed by atoms with van der Waals surface area (Å²) in [5.74, 6) is -0.629. The highest BCUT2D eigenvalue weighted by Gasteiger charge is 2.12. The molecule has 0 saturated heterocycles. The number of carbonyl (C=O) groups is 1. The largest absolute Gasteiger partial charge is 0.397 e. The molecular weight excluding hydrogens is 289 g/mol. The Labute approximate surface area is 127 Å². The van der Waals surface area contributed by atoms with E-state index in [4.69, 9.17) is 5.73 Å². The van der Waals surface area contributed by atoms with E-state index < -0.39 is 5.82 Å². The van der Waals surface area contributed by atoms with Crippen LogP contribution in [0.1, 0.15) is 11.8 Å². The number of rotatable bonds is 6. The van der Waals surface area contributed by atoms with Crippen LogP contribution in [-0.4, -0.2) is 23.9 Å². The van der Waals surface area contributed by atoms with Crippen molar-refractivity contribution in [2.24, 2.45) is 0 Å². The van der Waals surface area contributed by atoms with E-state index >= 15 is 0 Å². The Bertz CT molecular complexity index is 601. The predicted molar refractivity (Wildman–Crippen MR) is 84.7 cm³/mol. The van der Waals surface area contributed by atoms with Crippen molar-refractivity contribution >= 4 is 28.6 Å². The van der Waals surface area contributed by atoms with Crippen molar-refractivity contribution in [2.75, 3.05) is 24.1 Å². The van der Waals surface area contributed by atoms with Gasteiger partial charge in [-0.15, -0.1) is 11.3 Å². The van der Waals surface area contributed by atoms with Gasteiger partial charge in [-0.2, -0.15) is 0 Å². The molecule has 0 atom stereocenters. The molecular formula is C15H18FN3OS. The van der Waals surface area contributed by atoms with Crippen LogP contribution in [0.5, 0.6) is 0 Å². The number of likely N-dealkylation sites (N-methyl/N-ethyl adjacent to an activating group) is 1. The fraction of sp³-hybridized carbons (Fsp3) is 0.267. The minimum absolute atomic E-state index is 0.203. The summed E-state index contributed by atoms with van der Waals surface area (Å²) < 4.78 is 13.2. The Morgan fingerprint density at radius 2 is 2.24 bits per heavy atom. The third-order valence-electron chi connectivity index (χ3n) is 3.06. The zero-order chi connectivity index (χ0) is 15.2. The van der Waals surface area contributed by atoms with Gasteiger partial charge in [0.2, 0.25) is 5.91 Å². The lowest BCUT2D eigenvalue weighted by molar-refractivity contribution is -0.117. The van der Waals surface area contributed by atoms with Crippen molar-refractivity contribution in [3.05, 3.63) is 46.4 Å². The highest BCUT2D eigenvalue weighted by molar-refractivity contribution is 7.09. The average Bonchev–Trinajstić information content (AvgIpc) is 2.95. The van der Waals surface area contributed by atoms with E-state index in [9.17, 15) is 9.18 Å². The van der Waals surface area contributed by atoms with Crippen molar-refractivity contribution in [1.82, 2.24) is 4.90 Å². The Balaban J connectivity index is 1.95. The quantitative estimate of drug-likeness (QED) is 0.807. The highest BCUT2D eigenvalue weighted by atomic mass is 32.1. The number of thiophene rings is 1. The maximum atomic E-state index is 13.2. The number of nitrogens with two attached hydrogens (primary N) is 1. The maximum Gasteiger partial charge on any atom is 0.238 e. The zero-order valence-corrected chi connectivity index (χ0v) is 12.6. The number of amides is 1. The molecule has 0 radical (unpaired) electrons. The third kappa shape index (κ3) is 4.54. The second-order valence-electron chi connectivity index (χ2n) is 4.66. The summed E-state index contributed by atoms with van der Waals surface area (Å²) >= 11 is 1.66. The summed E-state index contributed by atoms with van der Waals surface area (Å²) in [6, 6.07) is 7.95. The molecule has 1 amide bonds. The lowest BCUT2D eigenvalue weighted by atomic mass is 10.2. The molecule has 0 aliphatic heterocycles. The summed E-state index contributed by atoms with van der Waals surface area (Å²) in [6.07, 6.45) is 0. The first-order valence-electron chi connectivity index (χ1n) is 6.68. The van der Waals surface area contributed by atoms with E-state index in [0.717, 1.165) is 13.1 Å². The molecule has 0 unspecified atom stereocenters. The standard InChI is InChI=1S/C15H18FN3OS/c1-2-19(9-12-4-3-7-21-12)10-15(20)18-14-8-11(16)5-6-13(14)17/h3-8H,2,9-10,17H2,1H3,(H,18,20). The van der Waals surface area contributed by atoms with Crippen molar-refractivity contribution < 1.29 is 9.18 Å². The van der Waals surface area contributed by atoms with Crippen LogP contribution in [-0.2, 0) is 11.3 Å². The number of nitrogens with zero attached hydrogens (tertiary/aromatic N) is 1. The number of carbonyl (C=O) groups excluding carboxylic acids is 1. The smallest absolute Gasteiger partial charge is 0.238 e. The van der Waals surface area contributed by atoms with Crippen LogP contribution in [0.4, 0.5) is 15.8 Å². The molecule has 0 fully saturated rings. The maximum absolute atomic E-state index is 13.2. The number of hydrogen-bond donors (Lipinski definition) is 2. The number of halogens is 1.